The molecule has 0 unspecified atom stereocenters. The number of nitrogens with one attached hydrogen (secondary N) is 2. The molecule has 1 aromatic heterocycles. The standard InChI is InChI=1S/C16H18N4O2/c17-9-12-4-3-5-13(8-12)10-19-15(21)16(22)20-11-14-6-1-2-7-18-14/h1-8H,9-11,17H2,(H,19,21)(H,20,22). The van der Waals surface area contributed by atoms with Gasteiger partial charge in [0.15, 0.2) is 0 Å². The maximum atomic E-state index is 11.7. The molecule has 0 bridgehead atoms. The van der Waals surface area contributed by atoms with Gasteiger partial charge < -0.3 is 16.4 Å². The van der Waals surface area contributed by atoms with Gasteiger partial charge in [0, 0.05) is 19.3 Å². The van der Waals surface area contributed by atoms with Crippen molar-refractivity contribution in [3.05, 3.63) is 65.5 Å². The quantitative estimate of drug-likeness (QED) is 0.699. The van der Waals surface area contributed by atoms with Crippen LogP contribution in [0.4, 0.5) is 0 Å². The van der Waals surface area contributed by atoms with Crippen LogP contribution < -0.4 is 16.4 Å². The van der Waals surface area contributed by atoms with Crippen LogP contribution in [0.2, 0.25) is 0 Å². The summed E-state index contributed by atoms with van der Waals surface area (Å²) in [5.74, 6) is -1.35. The molecule has 0 aliphatic rings. The molecule has 6 nitrogen and oxygen atoms in total. The van der Waals surface area contributed by atoms with Gasteiger partial charge >= 0.3 is 11.8 Å². The van der Waals surface area contributed by atoms with Crippen LogP contribution in [0.5, 0.6) is 0 Å². The molecule has 22 heavy (non-hydrogen) atoms. The number of pyridine rings is 1. The first-order valence-corrected chi connectivity index (χ1v) is 6.93. The number of amides is 2. The summed E-state index contributed by atoms with van der Waals surface area (Å²) in [7, 11) is 0. The smallest absolute Gasteiger partial charge is 0.309 e. The fourth-order valence-corrected chi connectivity index (χ4v) is 1.88. The number of benzene rings is 1. The van der Waals surface area contributed by atoms with E-state index >= 15 is 0 Å². The molecule has 0 saturated carbocycles. The Hall–Kier alpha value is -2.73. The number of hydrogen-bond acceptors (Lipinski definition) is 4. The van der Waals surface area contributed by atoms with Crippen LogP contribution >= 0.6 is 0 Å². The average Bonchev–Trinajstić information content (AvgIpc) is 2.58. The molecule has 114 valence electrons. The van der Waals surface area contributed by atoms with Crippen LogP contribution in [0.3, 0.4) is 0 Å². The number of carbonyl (C=O) groups excluding carboxylic acids is 2. The van der Waals surface area contributed by atoms with Crippen LogP contribution in [0.1, 0.15) is 16.8 Å². The first kappa shape index (κ1) is 15.7. The van der Waals surface area contributed by atoms with Gasteiger partial charge in [-0.05, 0) is 23.3 Å². The van der Waals surface area contributed by atoms with Crippen molar-refractivity contribution >= 4 is 11.8 Å². The number of carbonyl (C=O) groups is 2. The molecule has 1 aromatic carbocycles. The van der Waals surface area contributed by atoms with Crippen molar-refractivity contribution in [3.8, 4) is 0 Å². The van der Waals surface area contributed by atoms with Crippen molar-refractivity contribution in [3.63, 3.8) is 0 Å². The summed E-state index contributed by atoms with van der Waals surface area (Å²) in [5, 5.41) is 5.10. The van der Waals surface area contributed by atoms with Crippen LogP contribution in [0, 0.1) is 0 Å². The predicted octanol–water partition coefficient (Wildman–Crippen LogP) is 0.473. The number of nitrogens with zero attached hydrogens (tertiary/aromatic N) is 1. The highest BCUT2D eigenvalue weighted by Crippen LogP contribution is 2.04. The molecule has 0 fully saturated rings. The van der Waals surface area contributed by atoms with E-state index in [-0.39, 0.29) is 13.1 Å². The first-order chi connectivity index (χ1) is 10.7. The zero-order valence-corrected chi connectivity index (χ0v) is 12.1. The minimum atomic E-state index is -0.680. The van der Waals surface area contributed by atoms with Crippen LogP contribution in [0.25, 0.3) is 0 Å². The van der Waals surface area contributed by atoms with Gasteiger partial charge in [0.05, 0.1) is 12.2 Å². The van der Waals surface area contributed by atoms with Gasteiger partial charge in [-0.15, -0.1) is 0 Å². The maximum absolute atomic E-state index is 11.7. The van der Waals surface area contributed by atoms with E-state index in [1.165, 1.54) is 0 Å². The van der Waals surface area contributed by atoms with E-state index in [2.05, 4.69) is 15.6 Å². The number of rotatable bonds is 5. The average molecular weight is 298 g/mol. The topological polar surface area (TPSA) is 97.1 Å². The van der Waals surface area contributed by atoms with Crippen LogP contribution in [-0.4, -0.2) is 16.8 Å². The van der Waals surface area contributed by atoms with Gasteiger partial charge in [-0.3, -0.25) is 14.6 Å². The van der Waals surface area contributed by atoms with Gasteiger partial charge in [0.1, 0.15) is 0 Å². The van der Waals surface area contributed by atoms with Crippen molar-refractivity contribution in [2.45, 2.75) is 19.6 Å². The zero-order chi connectivity index (χ0) is 15.8. The Morgan fingerprint density at radius 3 is 2.36 bits per heavy atom. The normalized spacial score (nSPS) is 10.0. The van der Waals surface area contributed by atoms with E-state index in [4.69, 9.17) is 5.73 Å². The van der Waals surface area contributed by atoms with E-state index in [0.717, 1.165) is 11.1 Å². The van der Waals surface area contributed by atoms with E-state index in [0.29, 0.717) is 12.2 Å². The predicted molar refractivity (Wildman–Crippen MR) is 82.3 cm³/mol. The second-order valence-electron chi connectivity index (χ2n) is 4.71. The van der Waals surface area contributed by atoms with E-state index in [9.17, 15) is 9.59 Å². The highest BCUT2D eigenvalue weighted by molar-refractivity contribution is 6.35. The molecule has 0 aliphatic carbocycles. The molecule has 2 amide bonds. The van der Waals surface area contributed by atoms with Crippen molar-refractivity contribution in [2.24, 2.45) is 5.73 Å². The fraction of sp³-hybridized carbons (Fsp3) is 0.188. The van der Waals surface area contributed by atoms with Crippen molar-refractivity contribution in [1.29, 1.82) is 0 Å². The van der Waals surface area contributed by atoms with Gasteiger partial charge in [-0.2, -0.15) is 0 Å². The third kappa shape index (κ3) is 4.68. The molecule has 0 saturated heterocycles. The molecule has 0 aliphatic heterocycles. The SMILES string of the molecule is NCc1cccc(CNC(=O)C(=O)NCc2ccccn2)c1. The lowest BCUT2D eigenvalue weighted by Crippen LogP contribution is -2.39. The van der Waals surface area contributed by atoms with Crippen molar-refractivity contribution in [1.82, 2.24) is 15.6 Å². The van der Waals surface area contributed by atoms with Crippen LogP contribution in [0.15, 0.2) is 48.7 Å². The summed E-state index contributed by atoms with van der Waals surface area (Å²) in [6, 6.07) is 12.9. The largest absolute Gasteiger partial charge is 0.344 e. The number of hydrogen-bond donors (Lipinski definition) is 3. The highest BCUT2D eigenvalue weighted by atomic mass is 16.2. The Bertz CT molecular complexity index is 644. The van der Waals surface area contributed by atoms with Gasteiger partial charge in [0.25, 0.3) is 0 Å². The maximum Gasteiger partial charge on any atom is 0.309 e. The molecule has 0 atom stereocenters. The second-order valence-corrected chi connectivity index (χ2v) is 4.71. The summed E-state index contributed by atoms with van der Waals surface area (Å²) in [4.78, 5) is 27.5. The van der Waals surface area contributed by atoms with E-state index in [1.807, 2.05) is 30.3 Å². The third-order valence-electron chi connectivity index (χ3n) is 3.04. The summed E-state index contributed by atoms with van der Waals surface area (Å²) in [6.45, 7) is 0.936. The fourth-order valence-electron chi connectivity index (χ4n) is 1.88. The van der Waals surface area contributed by atoms with Crippen LogP contribution in [-0.2, 0) is 29.2 Å². The second kappa shape index (κ2) is 7.90. The summed E-state index contributed by atoms with van der Waals surface area (Å²) in [6.07, 6.45) is 1.63. The minimum absolute atomic E-state index is 0.218. The molecule has 4 N–H and O–H groups in total. The Labute approximate surface area is 128 Å². The Morgan fingerprint density at radius 2 is 1.68 bits per heavy atom. The molecule has 2 rings (SSSR count). The molecular formula is C16H18N4O2. The summed E-state index contributed by atoms with van der Waals surface area (Å²) >= 11 is 0. The van der Waals surface area contributed by atoms with Crippen molar-refractivity contribution < 1.29 is 9.59 Å². The lowest BCUT2D eigenvalue weighted by atomic mass is 10.1. The Balaban J connectivity index is 1.80. The molecular weight excluding hydrogens is 280 g/mol. The van der Waals surface area contributed by atoms with E-state index in [1.54, 1.807) is 18.3 Å². The molecule has 2 aromatic rings. The van der Waals surface area contributed by atoms with Crippen molar-refractivity contribution in [2.75, 3.05) is 0 Å². The lowest BCUT2D eigenvalue weighted by molar-refractivity contribution is -0.139. The molecule has 1 heterocycles. The highest BCUT2D eigenvalue weighted by Gasteiger charge is 2.12. The van der Waals surface area contributed by atoms with E-state index < -0.39 is 11.8 Å². The monoisotopic (exact) mass is 298 g/mol. The number of aromatic nitrogens is 1. The Kier molecular flexibility index (Phi) is 5.62. The minimum Gasteiger partial charge on any atom is -0.344 e. The van der Waals surface area contributed by atoms with Gasteiger partial charge in [-0.25, -0.2) is 0 Å². The summed E-state index contributed by atoms with van der Waals surface area (Å²) < 4.78 is 0. The zero-order valence-electron chi connectivity index (χ0n) is 12.1. The third-order valence-corrected chi connectivity index (χ3v) is 3.04. The molecule has 0 spiro atoms. The lowest BCUT2D eigenvalue weighted by Gasteiger charge is -2.07. The Morgan fingerprint density at radius 1 is 0.955 bits per heavy atom. The van der Waals surface area contributed by atoms with Gasteiger partial charge in [-0.1, -0.05) is 30.3 Å². The van der Waals surface area contributed by atoms with Gasteiger partial charge in [0.2, 0.25) is 0 Å². The molecule has 0 radical (unpaired) electrons. The summed E-state index contributed by atoms with van der Waals surface area (Å²) in [5.41, 5.74) is 8.13. The molecule has 6 heteroatoms. The number of nitrogens with two attached hydrogens (primary N) is 1. The first-order valence-electron chi connectivity index (χ1n) is 6.93.